The minimum Gasteiger partial charge on any atom is -0.544 e. The van der Waals surface area contributed by atoms with Crippen LogP contribution in [0, 0.1) is 0 Å². The molecule has 0 amide bonds. The van der Waals surface area contributed by atoms with Crippen LogP contribution < -0.4 is 9.89 Å². The zero-order chi connectivity index (χ0) is 21.7. The molecule has 1 aliphatic heterocycles. The number of hydrogen-bond acceptors (Lipinski definition) is 4. The summed E-state index contributed by atoms with van der Waals surface area (Å²) in [5.74, 6) is -0.838. The van der Waals surface area contributed by atoms with Crippen LogP contribution >= 0.6 is 0 Å². The van der Waals surface area contributed by atoms with Crippen LogP contribution in [0.4, 0.5) is 0 Å². The maximum Gasteiger partial charge on any atom is 0.494 e. The molecular formula is C21H35BO5Si. The number of carboxylic acids is 1. The van der Waals surface area contributed by atoms with Gasteiger partial charge >= 0.3 is 13.1 Å². The van der Waals surface area contributed by atoms with E-state index in [2.05, 4.69) is 33.9 Å². The quantitative estimate of drug-likeness (QED) is 0.727. The average Bonchev–Trinajstić information content (AvgIpc) is 2.72. The molecule has 1 atom stereocenters. The van der Waals surface area contributed by atoms with Crippen LogP contribution in [-0.4, -0.2) is 37.7 Å². The molecule has 5 nitrogen and oxygen atoms in total. The summed E-state index contributed by atoms with van der Waals surface area (Å²) in [5.41, 5.74) is 0.547. The first-order valence-electron chi connectivity index (χ1n) is 9.89. The van der Waals surface area contributed by atoms with Crippen molar-refractivity contribution < 1.29 is 23.6 Å². The Kier molecular flexibility index (Phi) is 5.90. The molecule has 0 radical (unpaired) electrons. The van der Waals surface area contributed by atoms with Crippen LogP contribution in [0.25, 0.3) is 0 Å². The number of hydrogen-bond donors (Lipinski definition) is 1. The summed E-state index contributed by atoms with van der Waals surface area (Å²) >= 11 is 0. The Morgan fingerprint density at radius 3 is 2.04 bits per heavy atom. The maximum atomic E-state index is 11.6. The van der Waals surface area contributed by atoms with Gasteiger partial charge in [-0.1, -0.05) is 26.8 Å². The minimum absolute atomic E-state index is 0.0337. The Morgan fingerprint density at radius 1 is 1.11 bits per heavy atom. The van der Waals surface area contributed by atoms with Gasteiger partial charge in [-0.15, -0.1) is 0 Å². The number of aliphatic carboxylic acids is 1. The fraction of sp³-hybridized carbons (Fsp3) is 0.667. The molecule has 156 valence electrons. The molecule has 1 heterocycles. The Labute approximate surface area is 171 Å². The summed E-state index contributed by atoms with van der Waals surface area (Å²) in [7, 11) is -2.64. The lowest BCUT2D eigenvalue weighted by atomic mass is 9.77. The smallest absolute Gasteiger partial charge is 0.494 e. The van der Waals surface area contributed by atoms with Gasteiger partial charge in [0.25, 0.3) is 0 Å². The average molecular weight is 406 g/mol. The van der Waals surface area contributed by atoms with Crippen molar-refractivity contribution in [3.8, 4) is 5.75 Å². The van der Waals surface area contributed by atoms with Crippen molar-refractivity contribution in [1.29, 1.82) is 0 Å². The number of carboxylic acid groups (broad SMARTS) is 1. The lowest BCUT2D eigenvalue weighted by Gasteiger charge is -2.36. The van der Waals surface area contributed by atoms with Crippen LogP contribution in [0.15, 0.2) is 18.2 Å². The first-order chi connectivity index (χ1) is 12.5. The normalized spacial score (nSPS) is 20.1. The molecule has 1 aliphatic rings. The highest BCUT2D eigenvalue weighted by molar-refractivity contribution is 6.74. The lowest BCUT2D eigenvalue weighted by molar-refractivity contribution is -0.138. The minimum atomic E-state index is -2.08. The number of carbonyl (C=O) groups is 1. The van der Waals surface area contributed by atoms with Gasteiger partial charge in [0.2, 0.25) is 8.32 Å². The van der Waals surface area contributed by atoms with E-state index in [0.717, 1.165) is 5.46 Å². The molecule has 0 spiro atoms. The predicted molar refractivity (Wildman–Crippen MR) is 116 cm³/mol. The van der Waals surface area contributed by atoms with Crippen LogP contribution in [0.1, 0.15) is 66.9 Å². The zero-order valence-electron chi connectivity index (χ0n) is 19.0. The Balaban J connectivity index is 2.49. The van der Waals surface area contributed by atoms with E-state index in [1.165, 1.54) is 0 Å². The van der Waals surface area contributed by atoms with E-state index in [4.69, 9.17) is 13.7 Å². The third kappa shape index (κ3) is 4.47. The van der Waals surface area contributed by atoms with Gasteiger partial charge in [-0.2, -0.15) is 0 Å². The zero-order valence-corrected chi connectivity index (χ0v) is 20.0. The summed E-state index contributed by atoms with van der Waals surface area (Å²) in [6, 6.07) is 5.63. The summed E-state index contributed by atoms with van der Waals surface area (Å²) in [6.07, 6.45) is 0. The molecule has 28 heavy (non-hydrogen) atoms. The van der Waals surface area contributed by atoms with E-state index in [1.807, 2.05) is 45.9 Å². The lowest BCUT2D eigenvalue weighted by Crippen LogP contribution is -2.44. The van der Waals surface area contributed by atoms with Crippen molar-refractivity contribution in [2.45, 2.75) is 90.6 Å². The monoisotopic (exact) mass is 406 g/mol. The molecule has 0 aliphatic carbocycles. The molecule has 0 bridgehead atoms. The van der Waals surface area contributed by atoms with Gasteiger partial charge in [0, 0.05) is 0 Å². The van der Waals surface area contributed by atoms with Gasteiger partial charge in [-0.3, -0.25) is 4.79 Å². The first kappa shape index (κ1) is 23.0. The highest BCUT2D eigenvalue weighted by Crippen LogP contribution is 2.39. The largest absolute Gasteiger partial charge is 0.544 e. The molecule has 1 aromatic rings. The molecule has 0 aromatic heterocycles. The maximum absolute atomic E-state index is 11.6. The SMILES string of the molecule is CC(C(=O)O)c1cc(O[Si](C)(C)C(C)(C)C)cc(B2OC(C)(C)C(C)(C)O2)c1. The van der Waals surface area contributed by atoms with E-state index >= 15 is 0 Å². The molecule has 2 rings (SSSR count). The summed E-state index contributed by atoms with van der Waals surface area (Å²) in [6.45, 7) is 20.6. The van der Waals surface area contributed by atoms with E-state index in [1.54, 1.807) is 6.92 Å². The van der Waals surface area contributed by atoms with Crippen molar-refractivity contribution in [3.05, 3.63) is 23.8 Å². The third-order valence-electron chi connectivity index (χ3n) is 6.53. The van der Waals surface area contributed by atoms with E-state index < -0.39 is 38.5 Å². The standard InChI is InChI=1S/C21H35BO5Si/c1-14(18(23)24)15-11-16(22-26-20(5,6)21(7,8)27-22)13-17(12-15)25-28(9,10)19(2,3)4/h11-14H,1-10H3,(H,23,24). The fourth-order valence-electron chi connectivity index (χ4n) is 2.66. The Bertz CT molecular complexity index is 736. The molecule has 1 unspecified atom stereocenters. The van der Waals surface area contributed by atoms with E-state index in [-0.39, 0.29) is 5.04 Å². The highest BCUT2D eigenvalue weighted by atomic mass is 28.4. The van der Waals surface area contributed by atoms with Crippen LogP contribution in [0.2, 0.25) is 18.1 Å². The van der Waals surface area contributed by atoms with Crippen molar-refractivity contribution in [2.75, 3.05) is 0 Å². The second-order valence-corrected chi connectivity index (χ2v) is 15.1. The highest BCUT2D eigenvalue weighted by Gasteiger charge is 2.52. The molecule has 1 N–H and O–H groups in total. The van der Waals surface area contributed by atoms with E-state index in [9.17, 15) is 9.90 Å². The number of rotatable bonds is 5. The van der Waals surface area contributed by atoms with E-state index in [0.29, 0.717) is 11.3 Å². The molecule has 7 heteroatoms. The third-order valence-corrected chi connectivity index (χ3v) is 10.9. The fourth-order valence-corrected chi connectivity index (χ4v) is 3.67. The van der Waals surface area contributed by atoms with Crippen LogP contribution in [0.5, 0.6) is 5.75 Å². The van der Waals surface area contributed by atoms with Crippen molar-refractivity contribution >= 4 is 26.9 Å². The Hall–Kier alpha value is -1.31. The molecule has 1 saturated heterocycles. The van der Waals surface area contributed by atoms with Gasteiger partial charge in [-0.05, 0) is 75.9 Å². The molecule has 1 aromatic carbocycles. The summed E-state index contributed by atoms with van der Waals surface area (Å²) in [5, 5.41) is 9.55. The second kappa shape index (κ2) is 7.18. The van der Waals surface area contributed by atoms with Gasteiger partial charge < -0.3 is 18.8 Å². The number of benzene rings is 1. The molecule has 0 saturated carbocycles. The van der Waals surface area contributed by atoms with Crippen LogP contribution in [0.3, 0.4) is 0 Å². The van der Waals surface area contributed by atoms with Gasteiger partial charge in [0.15, 0.2) is 0 Å². The van der Waals surface area contributed by atoms with Gasteiger partial charge in [0.1, 0.15) is 5.75 Å². The Morgan fingerprint density at radius 2 is 1.61 bits per heavy atom. The molecular weight excluding hydrogens is 371 g/mol. The van der Waals surface area contributed by atoms with Gasteiger partial charge in [0.05, 0.1) is 17.1 Å². The summed E-state index contributed by atoms with van der Waals surface area (Å²) < 4.78 is 18.8. The first-order valence-corrected chi connectivity index (χ1v) is 12.8. The predicted octanol–water partition coefficient (Wildman–Crippen LogP) is 4.56. The van der Waals surface area contributed by atoms with Crippen molar-refractivity contribution in [3.63, 3.8) is 0 Å². The second-order valence-electron chi connectivity index (χ2n) is 10.3. The van der Waals surface area contributed by atoms with Gasteiger partial charge in [-0.25, -0.2) is 0 Å². The van der Waals surface area contributed by atoms with Crippen molar-refractivity contribution in [2.24, 2.45) is 0 Å². The summed E-state index contributed by atoms with van der Waals surface area (Å²) in [4.78, 5) is 11.6. The molecule has 1 fully saturated rings. The van der Waals surface area contributed by atoms with Crippen LogP contribution in [-0.2, 0) is 14.1 Å². The topological polar surface area (TPSA) is 65.0 Å². The van der Waals surface area contributed by atoms with Crippen molar-refractivity contribution in [1.82, 2.24) is 0 Å².